The molecular formula is C21H23N7O. The fourth-order valence-corrected chi connectivity index (χ4v) is 4.74. The molecule has 1 saturated heterocycles. The average molecular weight is 389 g/mol. The number of fused-ring (bicyclic) bond motifs is 2. The Balaban J connectivity index is 1.56. The first kappa shape index (κ1) is 17.8. The van der Waals surface area contributed by atoms with E-state index in [1.54, 1.807) is 24.8 Å². The smallest absolute Gasteiger partial charge is 0.254 e. The van der Waals surface area contributed by atoms with E-state index < -0.39 is 0 Å². The van der Waals surface area contributed by atoms with Gasteiger partial charge in [-0.2, -0.15) is 0 Å². The van der Waals surface area contributed by atoms with Crippen molar-refractivity contribution in [3.63, 3.8) is 0 Å². The van der Waals surface area contributed by atoms with E-state index in [4.69, 9.17) is 4.98 Å². The van der Waals surface area contributed by atoms with Crippen molar-refractivity contribution in [3.8, 4) is 11.4 Å². The van der Waals surface area contributed by atoms with Crippen molar-refractivity contribution >= 4 is 11.6 Å². The van der Waals surface area contributed by atoms with Crippen molar-refractivity contribution in [1.29, 1.82) is 0 Å². The number of aromatic nitrogens is 5. The molecule has 0 bridgehead atoms. The number of pyridine rings is 1. The molecule has 3 aromatic rings. The molecule has 2 N–H and O–H groups in total. The summed E-state index contributed by atoms with van der Waals surface area (Å²) < 4.78 is 0. The van der Waals surface area contributed by atoms with Crippen molar-refractivity contribution in [2.75, 3.05) is 30.4 Å². The zero-order valence-corrected chi connectivity index (χ0v) is 16.4. The quantitative estimate of drug-likeness (QED) is 0.708. The van der Waals surface area contributed by atoms with Gasteiger partial charge in [0.1, 0.15) is 5.82 Å². The van der Waals surface area contributed by atoms with E-state index in [0.717, 1.165) is 67.2 Å². The lowest BCUT2D eigenvalue weighted by Crippen LogP contribution is -2.46. The molecular weight excluding hydrogens is 366 g/mol. The molecule has 1 unspecified atom stereocenters. The van der Waals surface area contributed by atoms with Crippen LogP contribution in [0.1, 0.15) is 30.5 Å². The number of anilines is 2. The Bertz CT molecular complexity index is 1100. The third-order valence-electron chi connectivity index (χ3n) is 6.10. The lowest BCUT2D eigenvalue weighted by molar-refractivity contribution is 0.333. The van der Waals surface area contributed by atoms with Gasteiger partial charge in [-0.15, -0.1) is 0 Å². The maximum Gasteiger partial charge on any atom is 0.254 e. The topological polar surface area (TPSA) is 99.7 Å². The normalized spacial score (nSPS) is 20.7. The zero-order chi connectivity index (χ0) is 19.8. The van der Waals surface area contributed by atoms with Crippen molar-refractivity contribution in [2.24, 2.45) is 0 Å². The summed E-state index contributed by atoms with van der Waals surface area (Å²) in [6, 6.07) is 3.78. The summed E-state index contributed by atoms with van der Waals surface area (Å²) in [5, 5.41) is 3.14. The summed E-state index contributed by atoms with van der Waals surface area (Å²) in [7, 11) is 1.86. The van der Waals surface area contributed by atoms with Crippen LogP contribution in [0.4, 0.5) is 11.6 Å². The highest BCUT2D eigenvalue weighted by molar-refractivity contribution is 5.61. The maximum absolute atomic E-state index is 12.8. The monoisotopic (exact) mass is 389 g/mol. The van der Waals surface area contributed by atoms with E-state index in [9.17, 15) is 4.79 Å². The number of hydrogen-bond donors (Lipinski definition) is 2. The van der Waals surface area contributed by atoms with E-state index in [1.807, 2.05) is 19.2 Å². The molecule has 2 aliphatic rings. The minimum absolute atomic E-state index is 0.0294. The molecule has 1 aliphatic heterocycles. The first-order valence-electron chi connectivity index (χ1n) is 9.98. The van der Waals surface area contributed by atoms with Gasteiger partial charge in [0.15, 0.2) is 11.6 Å². The van der Waals surface area contributed by atoms with Crippen LogP contribution in [0.3, 0.4) is 0 Å². The van der Waals surface area contributed by atoms with Crippen molar-refractivity contribution in [1.82, 2.24) is 24.9 Å². The van der Waals surface area contributed by atoms with Crippen LogP contribution >= 0.6 is 0 Å². The van der Waals surface area contributed by atoms with E-state index in [1.165, 1.54) is 0 Å². The largest absolute Gasteiger partial charge is 0.370 e. The molecule has 0 saturated carbocycles. The lowest BCUT2D eigenvalue weighted by atomic mass is 9.77. The van der Waals surface area contributed by atoms with Crippen molar-refractivity contribution in [3.05, 3.63) is 58.5 Å². The Morgan fingerprint density at radius 1 is 1.21 bits per heavy atom. The second kappa shape index (κ2) is 6.95. The van der Waals surface area contributed by atoms with Crippen LogP contribution < -0.4 is 15.8 Å². The fourth-order valence-electron chi connectivity index (χ4n) is 4.74. The highest BCUT2D eigenvalue weighted by Crippen LogP contribution is 2.44. The average Bonchev–Trinajstić information content (AvgIpc) is 3.12. The first-order valence-corrected chi connectivity index (χ1v) is 9.98. The molecule has 148 valence electrons. The second-order valence-electron chi connectivity index (χ2n) is 7.77. The van der Waals surface area contributed by atoms with Crippen LogP contribution in [0.5, 0.6) is 0 Å². The van der Waals surface area contributed by atoms with Gasteiger partial charge in [0.2, 0.25) is 0 Å². The third-order valence-corrected chi connectivity index (χ3v) is 6.10. The lowest BCUT2D eigenvalue weighted by Gasteiger charge is -2.41. The highest BCUT2D eigenvalue weighted by atomic mass is 16.1. The summed E-state index contributed by atoms with van der Waals surface area (Å²) >= 11 is 0. The number of nitrogens with one attached hydrogen (secondary N) is 2. The molecule has 1 spiro atoms. The molecule has 1 atom stereocenters. The Hall–Kier alpha value is -3.29. The molecule has 8 heteroatoms. The number of aromatic amines is 1. The summed E-state index contributed by atoms with van der Waals surface area (Å²) in [6.45, 7) is 1.71. The SMILES string of the molecule is CNc1nccnc1N1CCCC2(CCc3c2nc(-c2cccnc2)[nH]c3=O)C1. The van der Waals surface area contributed by atoms with E-state index in [0.29, 0.717) is 5.82 Å². The molecule has 8 nitrogen and oxygen atoms in total. The highest BCUT2D eigenvalue weighted by Gasteiger charge is 2.45. The second-order valence-corrected chi connectivity index (χ2v) is 7.77. The predicted molar refractivity (Wildman–Crippen MR) is 111 cm³/mol. The van der Waals surface area contributed by atoms with Crippen LogP contribution in [0, 0.1) is 0 Å². The number of H-pyrrole nitrogens is 1. The molecule has 1 fully saturated rings. The minimum atomic E-state index is -0.138. The molecule has 4 heterocycles. The molecule has 0 amide bonds. The molecule has 0 radical (unpaired) electrons. The van der Waals surface area contributed by atoms with Gasteiger partial charge < -0.3 is 15.2 Å². The summed E-state index contributed by atoms with van der Waals surface area (Å²) in [4.78, 5) is 36.2. The van der Waals surface area contributed by atoms with E-state index in [2.05, 4.69) is 30.2 Å². The summed E-state index contributed by atoms with van der Waals surface area (Å²) in [5.74, 6) is 2.23. The van der Waals surface area contributed by atoms with Gasteiger partial charge in [0, 0.05) is 61.5 Å². The number of hydrogen-bond acceptors (Lipinski definition) is 7. The number of piperidine rings is 1. The van der Waals surface area contributed by atoms with Gasteiger partial charge in [-0.3, -0.25) is 9.78 Å². The summed E-state index contributed by atoms with van der Waals surface area (Å²) in [5.41, 5.74) is 2.43. The van der Waals surface area contributed by atoms with Gasteiger partial charge in [-0.05, 0) is 37.8 Å². The Morgan fingerprint density at radius 3 is 2.93 bits per heavy atom. The van der Waals surface area contributed by atoms with Crippen molar-refractivity contribution in [2.45, 2.75) is 31.1 Å². The van der Waals surface area contributed by atoms with Crippen LogP contribution in [-0.2, 0) is 11.8 Å². The Morgan fingerprint density at radius 2 is 2.10 bits per heavy atom. The van der Waals surface area contributed by atoms with Crippen LogP contribution in [-0.4, -0.2) is 45.1 Å². The van der Waals surface area contributed by atoms with Gasteiger partial charge in [0.05, 0.1) is 5.69 Å². The Kier molecular flexibility index (Phi) is 4.26. The number of rotatable bonds is 3. The summed E-state index contributed by atoms with van der Waals surface area (Å²) in [6.07, 6.45) is 10.6. The standard InChI is InChI=1S/C21H23N7O/c1-22-18-19(25-10-9-24-18)28-11-3-6-21(13-28)7-5-15-16(21)26-17(27-20(15)29)14-4-2-8-23-12-14/h2,4,8-10,12H,3,5-7,11,13H2,1H3,(H,22,24)(H,26,27,29). The fraction of sp³-hybridized carbons (Fsp3) is 0.381. The van der Waals surface area contributed by atoms with Gasteiger partial charge >= 0.3 is 0 Å². The van der Waals surface area contributed by atoms with Gasteiger partial charge in [-0.1, -0.05) is 0 Å². The first-order chi connectivity index (χ1) is 14.2. The number of nitrogens with zero attached hydrogens (tertiary/aromatic N) is 5. The third kappa shape index (κ3) is 2.95. The van der Waals surface area contributed by atoms with Gasteiger partial charge in [0.25, 0.3) is 5.56 Å². The molecule has 29 heavy (non-hydrogen) atoms. The van der Waals surface area contributed by atoms with Crippen molar-refractivity contribution < 1.29 is 0 Å². The zero-order valence-electron chi connectivity index (χ0n) is 16.4. The van der Waals surface area contributed by atoms with Crippen LogP contribution in [0.25, 0.3) is 11.4 Å². The van der Waals surface area contributed by atoms with E-state index >= 15 is 0 Å². The van der Waals surface area contributed by atoms with Crippen LogP contribution in [0.15, 0.2) is 41.7 Å². The molecule has 1 aliphatic carbocycles. The van der Waals surface area contributed by atoms with Gasteiger partial charge in [-0.25, -0.2) is 15.0 Å². The molecule has 5 rings (SSSR count). The minimum Gasteiger partial charge on any atom is -0.370 e. The molecule has 0 aromatic carbocycles. The molecule has 3 aromatic heterocycles. The van der Waals surface area contributed by atoms with Crippen LogP contribution in [0.2, 0.25) is 0 Å². The van der Waals surface area contributed by atoms with E-state index in [-0.39, 0.29) is 11.0 Å². The predicted octanol–water partition coefficient (Wildman–Crippen LogP) is 2.15. The Labute approximate surface area is 168 Å². The maximum atomic E-state index is 12.8.